The minimum Gasteiger partial charge on any atom is -0.467 e. The molecule has 1 unspecified atom stereocenters. The first-order valence-electron chi connectivity index (χ1n) is 7.06. The van der Waals surface area contributed by atoms with Gasteiger partial charge in [-0.1, -0.05) is 64.6 Å². The summed E-state index contributed by atoms with van der Waals surface area (Å²) in [6.07, 6.45) is 0.321. The van der Waals surface area contributed by atoms with Crippen molar-refractivity contribution in [2.45, 2.75) is 12.5 Å². The van der Waals surface area contributed by atoms with Crippen LogP contribution in [0.15, 0.2) is 24.3 Å². The topological polar surface area (TPSA) is 59.5 Å². The second kappa shape index (κ2) is 7.00. The van der Waals surface area contributed by atoms with Crippen molar-refractivity contribution in [3.8, 4) is 0 Å². The predicted octanol–water partition coefficient (Wildman–Crippen LogP) is 4.44. The van der Waals surface area contributed by atoms with Gasteiger partial charge in [0.25, 0.3) is 5.91 Å². The van der Waals surface area contributed by atoms with Gasteiger partial charge in [0.1, 0.15) is 11.2 Å². The van der Waals surface area contributed by atoms with Crippen molar-refractivity contribution < 1.29 is 14.3 Å². The SMILES string of the molecule is COC(=O)C1Cc2ccccc2N1C(=O)c1nc(Cl)c(Cl)c(Cl)c1Cl. The minimum absolute atomic E-state index is 0.0452. The molecule has 0 spiro atoms. The molecule has 5 nitrogen and oxygen atoms in total. The molecule has 0 bridgehead atoms. The van der Waals surface area contributed by atoms with E-state index in [-0.39, 0.29) is 25.9 Å². The van der Waals surface area contributed by atoms with Gasteiger partial charge in [-0.15, -0.1) is 0 Å². The summed E-state index contributed by atoms with van der Waals surface area (Å²) < 4.78 is 4.82. The van der Waals surface area contributed by atoms with Crippen LogP contribution in [0.5, 0.6) is 0 Å². The molecule has 2 aromatic rings. The van der Waals surface area contributed by atoms with Crippen molar-refractivity contribution in [1.29, 1.82) is 0 Å². The van der Waals surface area contributed by atoms with E-state index in [1.54, 1.807) is 12.1 Å². The lowest BCUT2D eigenvalue weighted by Crippen LogP contribution is -2.44. The molecule has 0 saturated heterocycles. The van der Waals surface area contributed by atoms with Gasteiger partial charge in [0, 0.05) is 12.1 Å². The standard InChI is InChI=1S/C16H10Cl4N2O3/c1-25-16(24)9-6-7-4-2-3-5-8(7)22(9)15(23)13-11(18)10(17)12(19)14(20)21-13/h2-5,9H,6H2,1H3. The van der Waals surface area contributed by atoms with Crippen LogP contribution in [0.3, 0.4) is 0 Å². The molecule has 130 valence electrons. The third-order valence-electron chi connectivity index (χ3n) is 3.86. The number of rotatable bonds is 2. The second-order valence-electron chi connectivity index (χ2n) is 5.24. The average Bonchev–Trinajstić information content (AvgIpc) is 3.01. The molecule has 1 aromatic carbocycles. The number of methoxy groups -OCH3 is 1. The number of aromatic nitrogens is 1. The molecule has 0 saturated carbocycles. The zero-order valence-corrected chi connectivity index (χ0v) is 15.7. The van der Waals surface area contributed by atoms with Crippen LogP contribution in [-0.2, 0) is 16.0 Å². The van der Waals surface area contributed by atoms with Gasteiger partial charge in [0.2, 0.25) is 0 Å². The van der Waals surface area contributed by atoms with Crippen LogP contribution >= 0.6 is 46.4 Å². The first-order chi connectivity index (χ1) is 11.9. The van der Waals surface area contributed by atoms with Crippen LogP contribution in [-0.4, -0.2) is 30.0 Å². The summed E-state index contributed by atoms with van der Waals surface area (Å²) in [5, 5.41) is -0.402. The molecule has 2 heterocycles. The van der Waals surface area contributed by atoms with Gasteiger partial charge >= 0.3 is 5.97 Å². The highest BCUT2D eigenvalue weighted by molar-refractivity contribution is 6.52. The molecule has 1 aromatic heterocycles. The highest BCUT2D eigenvalue weighted by Crippen LogP contribution is 2.39. The molecule has 3 rings (SSSR count). The fourth-order valence-corrected chi connectivity index (χ4v) is 3.51. The van der Waals surface area contributed by atoms with Crippen molar-refractivity contribution in [3.05, 3.63) is 55.7 Å². The Labute approximate surface area is 163 Å². The van der Waals surface area contributed by atoms with Crippen molar-refractivity contribution in [1.82, 2.24) is 4.98 Å². The van der Waals surface area contributed by atoms with E-state index in [1.165, 1.54) is 12.0 Å². The highest BCUT2D eigenvalue weighted by atomic mass is 35.5. The number of pyridine rings is 1. The zero-order valence-electron chi connectivity index (χ0n) is 12.7. The largest absolute Gasteiger partial charge is 0.467 e. The number of fused-ring (bicyclic) bond motifs is 1. The fraction of sp³-hybridized carbons (Fsp3) is 0.188. The fourth-order valence-electron chi connectivity index (χ4n) is 2.70. The third-order valence-corrected chi connectivity index (χ3v) is 5.53. The highest BCUT2D eigenvalue weighted by Gasteiger charge is 2.40. The molecule has 0 radical (unpaired) electrons. The Bertz CT molecular complexity index is 888. The first kappa shape index (κ1) is 18.3. The van der Waals surface area contributed by atoms with E-state index in [4.69, 9.17) is 51.1 Å². The Hall–Kier alpha value is -1.53. The van der Waals surface area contributed by atoms with Crippen LogP contribution in [0.1, 0.15) is 16.1 Å². The number of hydrogen-bond acceptors (Lipinski definition) is 4. The summed E-state index contributed by atoms with van der Waals surface area (Å²) in [6.45, 7) is 0. The number of esters is 1. The molecular formula is C16H10Cl4N2O3. The quantitative estimate of drug-likeness (QED) is 0.533. The van der Waals surface area contributed by atoms with E-state index >= 15 is 0 Å². The van der Waals surface area contributed by atoms with Crippen LogP contribution in [0.4, 0.5) is 5.69 Å². The lowest BCUT2D eigenvalue weighted by atomic mass is 10.1. The number of anilines is 1. The summed E-state index contributed by atoms with van der Waals surface area (Å²) in [7, 11) is 1.26. The molecule has 0 aliphatic carbocycles. The maximum absolute atomic E-state index is 13.1. The second-order valence-corrected chi connectivity index (χ2v) is 6.73. The number of nitrogens with zero attached hydrogens (tertiary/aromatic N) is 2. The van der Waals surface area contributed by atoms with E-state index in [1.807, 2.05) is 12.1 Å². The molecule has 1 aliphatic heterocycles. The number of carbonyl (C=O) groups is 2. The Balaban J connectivity index is 2.13. The van der Waals surface area contributed by atoms with Crippen LogP contribution in [0.2, 0.25) is 20.2 Å². The van der Waals surface area contributed by atoms with E-state index in [9.17, 15) is 9.59 Å². The van der Waals surface area contributed by atoms with Gasteiger partial charge in [-0.25, -0.2) is 9.78 Å². The van der Waals surface area contributed by atoms with Crippen LogP contribution < -0.4 is 4.90 Å². The van der Waals surface area contributed by atoms with Crippen LogP contribution in [0, 0.1) is 0 Å². The molecular weight excluding hydrogens is 410 g/mol. The van der Waals surface area contributed by atoms with Crippen molar-refractivity contribution in [2.75, 3.05) is 12.0 Å². The lowest BCUT2D eigenvalue weighted by molar-refractivity contribution is -0.141. The Morgan fingerprint density at radius 3 is 2.48 bits per heavy atom. The molecule has 25 heavy (non-hydrogen) atoms. The van der Waals surface area contributed by atoms with Gasteiger partial charge in [-0.3, -0.25) is 9.69 Å². The molecule has 0 fully saturated rings. The summed E-state index contributed by atoms with van der Waals surface area (Å²) in [4.78, 5) is 30.5. The lowest BCUT2D eigenvalue weighted by Gasteiger charge is -2.24. The van der Waals surface area contributed by atoms with E-state index < -0.39 is 17.9 Å². The summed E-state index contributed by atoms with van der Waals surface area (Å²) in [5.74, 6) is -1.17. The molecule has 1 amide bonds. The predicted molar refractivity (Wildman–Crippen MR) is 97.0 cm³/mol. The first-order valence-corrected chi connectivity index (χ1v) is 8.57. The van der Waals surface area contributed by atoms with Gasteiger partial charge in [0.15, 0.2) is 5.69 Å². The minimum atomic E-state index is -0.832. The summed E-state index contributed by atoms with van der Waals surface area (Å²) in [5.41, 5.74) is 1.21. The van der Waals surface area contributed by atoms with Gasteiger partial charge < -0.3 is 4.74 Å². The van der Waals surface area contributed by atoms with E-state index in [0.29, 0.717) is 12.1 Å². The summed E-state index contributed by atoms with van der Waals surface area (Å²) in [6, 6.07) is 6.30. The van der Waals surface area contributed by atoms with Gasteiger partial charge in [-0.2, -0.15) is 0 Å². The van der Waals surface area contributed by atoms with Crippen molar-refractivity contribution in [3.63, 3.8) is 0 Å². The van der Waals surface area contributed by atoms with E-state index in [2.05, 4.69) is 4.98 Å². The number of benzene rings is 1. The molecule has 1 atom stereocenters. The molecule has 1 aliphatic rings. The number of ether oxygens (including phenoxy) is 1. The summed E-state index contributed by atoms with van der Waals surface area (Å²) >= 11 is 24.0. The van der Waals surface area contributed by atoms with E-state index in [0.717, 1.165) is 5.56 Å². The van der Waals surface area contributed by atoms with Gasteiger partial charge in [0.05, 0.1) is 22.2 Å². The number of para-hydroxylation sites is 1. The van der Waals surface area contributed by atoms with Crippen molar-refractivity contribution >= 4 is 64.0 Å². The average molecular weight is 420 g/mol. The maximum Gasteiger partial charge on any atom is 0.329 e. The zero-order chi connectivity index (χ0) is 18.3. The monoisotopic (exact) mass is 418 g/mol. The van der Waals surface area contributed by atoms with Crippen LogP contribution in [0.25, 0.3) is 0 Å². The normalized spacial score (nSPS) is 15.9. The number of carbonyl (C=O) groups excluding carboxylic acids is 2. The van der Waals surface area contributed by atoms with Gasteiger partial charge in [-0.05, 0) is 11.6 Å². The molecule has 0 N–H and O–H groups in total. The number of halogens is 4. The Kier molecular flexibility index (Phi) is 5.11. The van der Waals surface area contributed by atoms with Crippen molar-refractivity contribution in [2.24, 2.45) is 0 Å². The number of amides is 1. The third kappa shape index (κ3) is 3.06. The number of hydrogen-bond donors (Lipinski definition) is 0. The Morgan fingerprint density at radius 2 is 1.80 bits per heavy atom. The molecule has 9 heteroatoms. The Morgan fingerprint density at radius 1 is 1.12 bits per heavy atom. The maximum atomic E-state index is 13.1. The smallest absolute Gasteiger partial charge is 0.329 e.